The fourth-order valence-electron chi connectivity index (χ4n) is 1.66. The SMILES string of the molecule is CC(=O)N1CC=C(Cl)c2cc(N)ccc21. The lowest BCUT2D eigenvalue weighted by molar-refractivity contribution is -0.116. The monoisotopic (exact) mass is 222 g/mol. The summed E-state index contributed by atoms with van der Waals surface area (Å²) >= 11 is 6.06. The molecular weight excluding hydrogens is 212 g/mol. The Morgan fingerprint density at radius 3 is 2.93 bits per heavy atom. The molecule has 0 unspecified atom stereocenters. The van der Waals surface area contributed by atoms with Gasteiger partial charge in [0.1, 0.15) is 0 Å². The average molecular weight is 223 g/mol. The summed E-state index contributed by atoms with van der Waals surface area (Å²) in [5.74, 6) is 0.00133. The van der Waals surface area contributed by atoms with Crippen molar-refractivity contribution in [3.63, 3.8) is 0 Å². The van der Waals surface area contributed by atoms with Gasteiger partial charge in [0.2, 0.25) is 5.91 Å². The molecule has 1 heterocycles. The van der Waals surface area contributed by atoms with Crippen molar-refractivity contribution >= 4 is 33.9 Å². The molecule has 1 aromatic rings. The summed E-state index contributed by atoms with van der Waals surface area (Å²) in [5.41, 5.74) is 7.96. The zero-order chi connectivity index (χ0) is 11.0. The largest absolute Gasteiger partial charge is 0.399 e. The smallest absolute Gasteiger partial charge is 0.224 e. The van der Waals surface area contributed by atoms with Gasteiger partial charge >= 0.3 is 0 Å². The number of fused-ring (bicyclic) bond motifs is 1. The zero-order valence-electron chi connectivity index (χ0n) is 8.33. The van der Waals surface area contributed by atoms with Gasteiger partial charge in [-0.1, -0.05) is 11.6 Å². The van der Waals surface area contributed by atoms with Crippen LogP contribution >= 0.6 is 11.6 Å². The summed E-state index contributed by atoms with van der Waals surface area (Å²) < 4.78 is 0. The van der Waals surface area contributed by atoms with E-state index < -0.39 is 0 Å². The number of carbonyl (C=O) groups excluding carboxylic acids is 1. The van der Waals surface area contributed by atoms with E-state index in [2.05, 4.69) is 0 Å². The Bertz CT molecular complexity index is 454. The molecule has 0 aliphatic carbocycles. The van der Waals surface area contributed by atoms with Crippen LogP contribution in [0, 0.1) is 0 Å². The van der Waals surface area contributed by atoms with Gasteiger partial charge < -0.3 is 10.6 Å². The van der Waals surface area contributed by atoms with Crippen LogP contribution in [0.5, 0.6) is 0 Å². The molecule has 2 rings (SSSR count). The van der Waals surface area contributed by atoms with Gasteiger partial charge in [-0.15, -0.1) is 0 Å². The molecule has 0 saturated heterocycles. The molecule has 78 valence electrons. The number of nitrogens with two attached hydrogens (primary N) is 1. The highest BCUT2D eigenvalue weighted by atomic mass is 35.5. The van der Waals surface area contributed by atoms with Crippen molar-refractivity contribution in [3.05, 3.63) is 29.8 Å². The van der Waals surface area contributed by atoms with Crippen LogP contribution < -0.4 is 10.6 Å². The lowest BCUT2D eigenvalue weighted by Gasteiger charge is -2.26. The maximum Gasteiger partial charge on any atom is 0.224 e. The summed E-state index contributed by atoms with van der Waals surface area (Å²) in [4.78, 5) is 13.0. The lowest BCUT2D eigenvalue weighted by atomic mass is 10.1. The van der Waals surface area contributed by atoms with Gasteiger partial charge in [0, 0.05) is 29.8 Å². The summed E-state index contributed by atoms with van der Waals surface area (Å²) in [6.45, 7) is 2.05. The van der Waals surface area contributed by atoms with E-state index in [0.717, 1.165) is 11.3 Å². The van der Waals surface area contributed by atoms with E-state index in [4.69, 9.17) is 17.3 Å². The van der Waals surface area contributed by atoms with Crippen LogP contribution in [0.1, 0.15) is 12.5 Å². The van der Waals surface area contributed by atoms with Crippen molar-refractivity contribution < 1.29 is 4.79 Å². The number of benzene rings is 1. The minimum absolute atomic E-state index is 0.00133. The Hall–Kier alpha value is -1.48. The Morgan fingerprint density at radius 2 is 2.27 bits per heavy atom. The van der Waals surface area contributed by atoms with Crippen LogP contribution in [0.25, 0.3) is 5.03 Å². The maximum absolute atomic E-state index is 11.4. The number of nitrogen functional groups attached to an aromatic ring is 1. The minimum Gasteiger partial charge on any atom is -0.399 e. The second-order valence-electron chi connectivity index (χ2n) is 3.46. The number of rotatable bonds is 0. The normalized spacial score (nSPS) is 14.5. The highest BCUT2D eigenvalue weighted by Gasteiger charge is 2.20. The molecule has 0 bridgehead atoms. The molecule has 15 heavy (non-hydrogen) atoms. The Morgan fingerprint density at radius 1 is 1.53 bits per heavy atom. The van der Waals surface area contributed by atoms with Gasteiger partial charge in [0.05, 0.1) is 5.69 Å². The molecular formula is C11H11ClN2O. The number of nitrogens with zero attached hydrogens (tertiary/aromatic N) is 1. The third kappa shape index (κ3) is 1.70. The van der Waals surface area contributed by atoms with Crippen molar-refractivity contribution in [2.45, 2.75) is 6.92 Å². The molecule has 4 heteroatoms. The van der Waals surface area contributed by atoms with Gasteiger partial charge in [0.15, 0.2) is 0 Å². The highest BCUT2D eigenvalue weighted by Crippen LogP contribution is 2.34. The second-order valence-corrected chi connectivity index (χ2v) is 3.87. The van der Waals surface area contributed by atoms with Gasteiger partial charge in [-0.25, -0.2) is 0 Å². The number of amides is 1. The maximum atomic E-state index is 11.4. The molecule has 1 amide bonds. The predicted molar refractivity (Wildman–Crippen MR) is 62.7 cm³/mol. The van der Waals surface area contributed by atoms with E-state index in [1.807, 2.05) is 12.1 Å². The van der Waals surface area contributed by atoms with E-state index in [1.165, 1.54) is 6.92 Å². The number of hydrogen-bond donors (Lipinski definition) is 1. The summed E-state index contributed by atoms with van der Waals surface area (Å²) in [5, 5.41) is 0.648. The first kappa shape index (κ1) is 10.1. The van der Waals surface area contributed by atoms with E-state index in [0.29, 0.717) is 17.3 Å². The first-order valence-corrected chi connectivity index (χ1v) is 5.01. The Labute approximate surface area is 93.1 Å². The van der Waals surface area contributed by atoms with Gasteiger partial charge in [-0.3, -0.25) is 4.79 Å². The van der Waals surface area contributed by atoms with Gasteiger partial charge in [0.25, 0.3) is 0 Å². The molecule has 1 aromatic carbocycles. The first-order chi connectivity index (χ1) is 7.09. The van der Waals surface area contributed by atoms with Crippen LogP contribution in [-0.2, 0) is 4.79 Å². The van der Waals surface area contributed by atoms with E-state index in [-0.39, 0.29) is 5.91 Å². The highest BCUT2D eigenvalue weighted by molar-refractivity contribution is 6.49. The van der Waals surface area contributed by atoms with Crippen molar-refractivity contribution in [1.82, 2.24) is 0 Å². The summed E-state index contributed by atoms with van der Waals surface area (Å²) in [6, 6.07) is 5.37. The molecule has 0 spiro atoms. The number of anilines is 2. The van der Waals surface area contributed by atoms with E-state index in [9.17, 15) is 4.79 Å². The van der Waals surface area contributed by atoms with Crippen molar-refractivity contribution in [3.8, 4) is 0 Å². The van der Waals surface area contributed by atoms with Crippen molar-refractivity contribution in [2.24, 2.45) is 0 Å². The molecule has 0 saturated carbocycles. The molecule has 1 aliphatic rings. The lowest BCUT2D eigenvalue weighted by Crippen LogP contribution is -2.31. The first-order valence-electron chi connectivity index (χ1n) is 4.63. The molecule has 0 fully saturated rings. The molecule has 1 aliphatic heterocycles. The average Bonchev–Trinajstić information content (AvgIpc) is 2.19. The summed E-state index contributed by atoms with van der Waals surface area (Å²) in [7, 11) is 0. The topological polar surface area (TPSA) is 46.3 Å². The molecule has 3 nitrogen and oxygen atoms in total. The number of carbonyl (C=O) groups is 1. The Kier molecular flexibility index (Phi) is 2.40. The second kappa shape index (κ2) is 3.59. The molecule has 2 N–H and O–H groups in total. The van der Waals surface area contributed by atoms with Crippen molar-refractivity contribution in [1.29, 1.82) is 0 Å². The molecule has 0 atom stereocenters. The van der Waals surface area contributed by atoms with Crippen LogP contribution in [0.15, 0.2) is 24.3 Å². The minimum atomic E-state index is 0.00133. The van der Waals surface area contributed by atoms with Crippen LogP contribution in [-0.4, -0.2) is 12.5 Å². The van der Waals surface area contributed by atoms with E-state index in [1.54, 1.807) is 17.0 Å². The van der Waals surface area contributed by atoms with Crippen molar-refractivity contribution in [2.75, 3.05) is 17.2 Å². The Balaban J connectivity index is 2.57. The fourth-order valence-corrected chi connectivity index (χ4v) is 1.88. The molecule has 0 radical (unpaired) electrons. The third-order valence-corrected chi connectivity index (χ3v) is 2.76. The number of halogens is 1. The van der Waals surface area contributed by atoms with Gasteiger partial charge in [-0.05, 0) is 24.3 Å². The van der Waals surface area contributed by atoms with Crippen LogP contribution in [0.2, 0.25) is 0 Å². The summed E-state index contributed by atoms with van der Waals surface area (Å²) in [6.07, 6.45) is 1.81. The molecule has 0 aromatic heterocycles. The quantitative estimate of drug-likeness (QED) is 0.685. The van der Waals surface area contributed by atoms with E-state index >= 15 is 0 Å². The third-order valence-electron chi connectivity index (χ3n) is 2.40. The predicted octanol–water partition coefficient (Wildman–Crippen LogP) is 2.21. The van der Waals surface area contributed by atoms with Crippen LogP contribution in [0.4, 0.5) is 11.4 Å². The van der Waals surface area contributed by atoms with Gasteiger partial charge in [-0.2, -0.15) is 0 Å². The van der Waals surface area contributed by atoms with Crippen LogP contribution in [0.3, 0.4) is 0 Å². The standard InChI is InChI=1S/C11H11ClN2O/c1-7(15)14-5-4-10(12)9-6-8(13)2-3-11(9)14/h2-4,6H,5,13H2,1H3. The zero-order valence-corrected chi connectivity index (χ0v) is 9.08. The number of hydrogen-bond acceptors (Lipinski definition) is 2. The fraction of sp³-hybridized carbons (Fsp3) is 0.182.